The maximum absolute atomic E-state index is 12.3. The lowest BCUT2D eigenvalue weighted by Gasteiger charge is -2.36. The van der Waals surface area contributed by atoms with Crippen LogP contribution in [0.2, 0.25) is 0 Å². The molecule has 2 saturated carbocycles. The third-order valence-corrected chi connectivity index (χ3v) is 4.68. The Bertz CT molecular complexity index is 271. The van der Waals surface area contributed by atoms with Gasteiger partial charge in [0.05, 0.1) is 0 Å². The van der Waals surface area contributed by atoms with E-state index >= 15 is 0 Å². The zero-order valence-electron chi connectivity index (χ0n) is 11.0. The van der Waals surface area contributed by atoms with E-state index in [1.165, 1.54) is 19.3 Å². The molecule has 0 radical (unpaired) electrons. The highest BCUT2D eigenvalue weighted by atomic mass is 16.2. The van der Waals surface area contributed by atoms with E-state index in [0.29, 0.717) is 12.5 Å². The number of nitrogens with two attached hydrogens (primary N) is 1. The Labute approximate surface area is 105 Å². The zero-order valence-corrected chi connectivity index (χ0v) is 11.0. The van der Waals surface area contributed by atoms with Crippen LogP contribution in [0.4, 0.5) is 0 Å². The first-order valence-electron chi connectivity index (χ1n) is 7.17. The summed E-state index contributed by atoms with van der Waals surface area (Å²) in [5.41, 5.74) is 5.80. The van der Waals surface area contributed by atoms with Crippen LogP contribution in [0.25, 0.3) is 0 Å². The standard InChI is InChI=1S/C14H26N2O/c1-14(8-3-2-4-9-14)16-13(17)12-7-5-6-11(12)10-15/h11-12H,2-10,15H2,1H3,(H,16,17)/t11-,12-/m1/s1. The third-order valence-electron chi connectivity index (χ3n) is 4.68. The second-order valence-corrected chi connectivity index (χ2v) is 6.14. The van der Waals surface area contributed by atoms with E-state index in [1.54, 1.807) is 0 Å². The minimum atomic E-state index is 0.0527. The average Bonchev–Trinajstić information content (AvgIpc) is 2.77. The van der Waals surface area contributed by atoms with Crippen LogP contribution in [0, 0.1) is 11.8 Å². The van der Waals surface area contributed by atoms with Gasteiger partial charge in [-0.1, -0.05) is 25.7 Å². The summed E-state index contributed by atoms with van der Waals surface area (Å²) in [6, 6.07) is 0. The fourth-order valence-corrected chi connectivity index (χ4v) is 3.51. The molecule has 17 heavy (non-hydrogen) atoms. The van der Waals surface area contributed by atoms with Crippen molar-refractivity contribution in [2.45, 2.75) is 63.8 Å². The first kappa shape index (κ1) is 12.9. The van der Waals surface area contributed by atoms with Crippen molar-refractivity contribution in [3.63, 3.8) is 0 Å². The van der Waals surface area contributed by atoms with E-state index in [-0.39, 0.29) is 17.4 Å². The van der Waals surface area contributed by atoms with E-state index < -0.39 is 0 Å². The fourth-order valence-electron chi connectivity index (χ4n) is 3.51. The van der Waals surface area contributed by atoms with E-state index in [2.05, 4.69) is 12.2 Å². The predicted molar refractivity (Wildman–Crippen MR) is 69.5 cm³/mol. The molecule has 2 fully saturated rings. The van der Waals surface area contributed by atoms with Crippen LogP contribution in [0.3, 0.4) is 0 Å². The van der Waals surface area contributed by atoms with Gasteiger partial charge in [-0.25, -0.2) is 0 Å². The van der Waals surface area contributed by atoms with Crippen LogP contribution in [0.1, 0.15) is 58.3 Å². The maximum atomic E-state index is 12.3. The molecular weight excluding hydrogens is 212 g/mol. The molecule has 0 saturated heterocycles. The molecule has 3 heteroatoms. The first-order valence-corrected chi connectivity index (χ1v) is 7.17. The van der Waals surface area contributed by atoms with Crippen LogP contribution < -0.4 is 11.1 Å². The molecule has 2 aliphatic rings. The summed E-state index contributed by atoms with van der Waals surface area (Å²) in [6.07, 6.45) is 9.42. The number of hydrogen-bond donors (Lipinski definition) is 2. The van der Waals surface area contributed by atoms with Gasteiger partial charge in [-0.2, -0.15) is 0 Å². The van der Waals surface area contributed by atoms with Crippen LogP contribution in [0.15, 0.2) is 0 Å². The van der Waals surface area contributed by atoms with E-state index in [0.717, 1.165) is 32.1 Å². The number of amides is 1. The Balaban J connectivity index is 1.91. The predicted octanol–water partition coefficient (Wildman–Crippen LogP) is 2.20. The van der Waals surface area contributed by atoms with Gasteiger partial charge < -0.3 is 11.1 Å². The number of carbonyl (C=O) groups excluding carboxylic acids is 1. The van der Waals surface area contributed by atoms with Crippen molar-refractivity contribution in [1.29, 1.82) is 0 Å². The normalized spacial score (nSPS) is 32.4. The number of nitrogens with one attached hydrogen (secondary N) is 1. The van der Waals surface area contributed by atoms with Crippen molar-refractivity contribution in [3.8, 4) is 0 Å². The Morgan fingerprint density at radius 1 is 1.24 bits per heavy atom. The SMILES string of the molecule is CC1(NC(=O)[C@@H]2CCC[C@@H]2CN)CCCCC1. The van der Waals surface area contributed by atoms with Crippen LogP contribution in [0.5, 0.6) is 0 Å². The van der Waals surface area contributed by atoms with E-state index in [4.69, 9.17) is 5.73 Å². The molecule has 0 aromatic carbocycles. The summed E-state index contributed by atoms with van der Waals surface area (Å²) in [5, 5.41) is 3.31. The zero-order chi connectivity index (χ0) is 12.3. The summed E-state index contributed by atoms with van der Waals surface area (Å²) in [4.78, 5) is 12.3. The highest BCUT2D eigenvalue weighted by Gasteiger charge is 2.36. The summed E-state index contributed by atoms with van der Waals surface area (Å²) in [5.74, 6) is 0.864. The quantitative estimate of drug-likeness (QED) is 0.792. The molecule has 1 amide bonds. The largest absolute Gasteiger partial charge is 0.351 e. The average molecular weight is 238 g/mol. The van der Waals surface area contributed by atoms with Gasteiger partial charge in [-0.15, -0.1) is 0 Å². The molecule has 2 aliphatic carbocycles. The number of rotatable bonds is 3. The van der Waals surface area contributed by atoms with E-state index in [1.807, 2.05) is 0 Å². The topological polar surface area (TPSA) is 55.1 Å². The molecule has 0 aromatic heterocycles. The Morgan fingerprint density at radius 2 is 1.94 bits per heavy atom. The fraction of sp³-hybridized carbons (Fsp3) is 0.929. The summed E-state index contributed by atoms with van der Waals surface area (Å²) in [6.45, 7) is 2.87. The van der Waals surface area contributed by atoms with Crippen LogP contribution in [-0.4, -0.2) is 18.0 Å². The maximum Gasteiger partial charge on any atom is 0.223 e. The highest BCUT2D eigenvalue weighted by molar-refractivity contribution is 5.80. The van der Waals surface area contributed by atoms with Gasteiger partial charge >= 0.3 is 0 Å². The molecule has 0 heterocycles. The van der Waals surface area contributed by atoms with Crippen molar-refractivity contribution in [2.75, 3.05) is 6.54 Å². The lowest BCUT2D eigenvalue weighted by molar-refractivity contribution is -0.128. The van der Waals surface area contributed by atoms with Crippen LogP contribution in [-0.2, 0) is 4.79 Å². The highest BCUT2D eigenvalue weighted by Crippen LogP contribution is 2.33. The van der Waals surface area contributed by atoms with Gasteiger partial charge in [0.1, 0.15) is 0 Å². The van der Waals surface area contributed by atoms with Crippen molar-refractivity contribution >= 4 is 5.91 Å². The molecular formula is C14H26N2O. The summed E-state index contributed by atoms with van der Waals surface area (Å²) >= 11 is 0. The van der Waals surface area contributed by atoms with Gasteiger partial charge in [0, 0.05) is 11.5 Å². The van der Waals surface area contributed by atoms with Gasteiger partial charge in [0.2, 0.25) is 5.91 Å². The first-order chi connectivity index (χ1) is 8.14. The Hall–Kier alpha value is -0.570. The van der Waals surface area contributed by atoms with Gasteiger partial charge in [-0.05, 0) is 45.1 Å². The summed E-state index contributed by atoms with van der Waals surface area (Å²) < 4.78 is 0. The second kappa shape index (κ2) is 5.38. The number of carbonyl (C=O) groups is 1. The lowest BCUT2D eigenvalue weighted by Crippen LogP contribution is -2.50. The van der Waals surface area contributed by atoms with Crippen molar-refractivity contribution in [1.82, 2.24) is 5.32 Å². The minimum Gasteiger partial charge on any atom is -0.351 e. The molecule has 2 rings (SSSR count). The third kappa shape index (κ3) is 3.01. The summed E-state index contributed by atoms with van der Waals surface area (Å²) in [7, 11) is 0. The van der Waals surface area contributed by atoms with Gasteiger partial charge in [0.25, 0.3) is 0 Å². The Morgan fingerprint density at radius 3 is 2.59 bits per heavy atom. The van der Waals surface area contributed by atoms with Gasteiger partial charge in [0.15, 0.2) is 0 Å². The molecule has 0 unspecified atom stereocenters. The van der Waals surface area contributed by atoms with Crippen molar-refractivity contribution in [3.05, 3.63) is 0 Å². The molecule has 2 atom stereocenters. The monoisotopic (exact) mass is 238 g/mol. The molecule has 0 aliphatic heterocycles. The molecule has 0 aromatic rings. The van der Waals surface area contributed by atoms with Gasteiger partial charge in [-0.3, -0.25) is 4.79 Å². The molecule has 0 bridgehead atoms. The molecule has 3 N–H and O–H groups in total. The minimum absolute atomic E-state index is 0.0527. The molecule has 3 nitrogen and oxygen atoms in total. The molecule has 0 spiro atoms. The van der Waals surface area contributed by atoms with Crippen molar-refractivity contribution < 1.29 is 4.79 Å². The van der Waals surface area contributed by atoms with E-state index in [9.17, 15) is 4.79 Å². The molecule has 98 valence electrons. The number of hydrogen-bond acceptors (Lipinski definition) is 2. The smallest absolute Gasteiger partial charge is 0.223 e. The lowest BCUT2D eigenvalue weighted by atomic mass is 9.82. The van der Waals surface area contributed by atoms with Crippen molar-refractivity contribution in [2.24, 2.45) is 17.6 Å². The Kier molecular flexibility index (Phi) is 4.08. The second-order valence-electron chi connectivity index (χ2n) is 6.14. The van der Waals surface area contributed by atoms with Crippen LogP contribution >= 0.6 is 0 Å².